The first-order valence-electron chi connectivity index (χ1n) is 16.3. The number of halogens is 1. The monoisotopic (exact) mass is 703 g/mol. The summed E-state index contributed by atoms with van der Waals surface area (Å²) < 4.78 is 59.0. The van der Waals surface area contributed by atoms with Gasteiger partial charge in [0.15, 0.2) is 5.76 Å². The molecule has 0 saturated heterocycles. The number of nitrogens with zero attached hydrogens (tertiary/aromatic N) is 3. The maximum absolute atomic E-state index is 14.4. The average molecular weight is 704 g/mol. The third-order valence-electron chi connectivity index (χ3n) is 8.54. The van der Waals surface area contributed by atoms with Crippen molar-refractivity contribution in [3.63, 3.8) is 0 Å². The second kappa shape index (κ2) is 16.6. The molecule has 1 aliphatic heterocycles. The number of carbonyl (C=O) groups is 2. The van der Waals surface area contributed by atoms with Crippen molar-refractivity contribution >= 4 is 33.3 Å². The van der Waals surface area contributed by atoms with E-state index in [-0.39, 0.29) is 36.3 Å². The number of benzene rings is 2. The van der Waals surface area contributed by atoms with E-state index < -0.39 is 45.8 Å². The van der Waals surface area contributed by atoms with Crippen LogP contribution in [-0.4, -0.2) is 91.4 Å². The lowest BCUT2D eigenvalue weighted by molar-refractivity contribution is -0.00834. The van der Waals surface area contributed by atoms with E-state index in [0.717, 1.165) is 18.6 Å². The molecule has 3 amide bonds. The minimum absolute atomic E-state index is 0.0270. The second-order valence-electron chi connectivity index (χ2n) is 12.5. The molecule has 15 heteroatoms. The van der Waals surface area contributed by atoms with Crippen LogP contribution >= 0.6 is 0 Å². The van der Waals surface area contributed by atoms with Gasteiger partial charge < -0.3 is 34.6 Å². The minimum atomic E-state index is -3.97. The van der Waals surface area contributed by atoms with Gasteiger partial charge in [-0.15, -0.1) is 0 Å². The number of sulfonamides is 1. The van der Waals surface area contributed by atoms with Crippen molar-refractivity contribution in [2.24, 2.45) is 5.92 Å². The number of likely N-dealkylation sites (N-methyl/N-ethyl adjacent to an activating group) is 1. The van der Waals surface area contributed by atoms with E-state index >= 15 is 0 Å². The first-order valence-corrected chi connectivity index (χ1v) is 17.7. The van der Waals surface area contributed by atoms with Crippen LogP contribution in [-0.2, 0) is 14.8 Å². The molecule has 49 heavy (non-hydrogen) atoms. The average Bonchev–Trinajstić information content (AvgIpc) is 3.38. The molecule has 0 spiro atoms. The van der Waals surface area contributed by atoms with Gasteiger partial charge in [-0.05, 0) is 89.4 Å². The van der Waals surface area contributed by atoms with E-state index in [1.54, 1.807) is 32.9 Å². The number of hydrogen-bond donors (Lipinski definition) is 3. The molecule has 0 bridgehead atoms. The Morgan fingerprint density at radius 2 is 1.86 bits per heavy atom. The van der Waals surface area contributed by atoms with Crippen LogP contribution in [0.5, 0.6) is 5.75 Å². The smallest absolute Gasteiger partial charge is 0.323 e. The molecule has 2 aromatic carbocycles. The number of amides is 3. The molecule has 4 rings (SSSR count). The van der Waals surface area contributed by atoms with E-state index in [1.807, 2.05) is 13.8 Å². The number of hydrogen-bond acceptors (Lipinski definition) is 9. The summed E-state index contributed by atoms with van der Waals surface area (Å²) >= 11 is 0. The van der Waals surface area contributed by atoms with Crippen LogP contribution in [0.3, 0.4) is 0 Å². The van der Waals surface area contributed by atoms with Crippen molar-refractivity contribution in [3.8, 4) is 5.75 Å². The molecule has 268 valence electrons. The lowest BCUT2D eigenvalue weighted by Crippen LogP contribution is -2.48. The van der Waals surface area contributed by atoms with Gasteiger partial charge in [0.25, 0.3) is 5.91 Å². The molecular formula is C34H46FN5O8S. The number of urea groups is 1. The molecule has 0 fully saturated rings. The fraction of sp³-hybridized carbons (Fsp3) is 0.500. The van der Waals surface area contributed by atoms with E-state index in [2.05, 4.69) is 15.8 Å². The largest absolute Gasteiger partial charge is 0.490 e. The van der Waals surface area contributed by atoms with Crippen LogP contribution in [0.15, 0.2) is 51.9 Å². The molecule has 1 aromatic heterocycles. The molecule has 3 N–H and O–H groups in total. The number of rotatable bonds is 8. The predicted molar refractivity (Wildman–Crippen MR) is 182 cm³/mol. The highest BCUT2D eigenvalue weighted by Crippen LogP contribution is 2.29. The zero-order chi connectivity index (χ0) is 35.9. The lowest BCUT2D eigenvalue weighted by atomic mass is 10.0. The first kappa shape index (κ1) is 37.8. The Bertz CT molecular complexity index is 1680. The fourth-order valence-corrected chi connectivity index (χ4v) is 6.72. The summed E-state index contributed by atoms with van der Waals surface area (Å²) in [6.45, 7) is 8.94. The van der Waals surface area contributed by atoms with Crippen LogP contribution in [0, 0.1) is 25.6 Å². The summed E-state index contributed by atoms with van der Waals surface area (Å²) in [5.74, 6) is -0.617. The molecule has 0 aliphatic carbocycles. The van der Waals surface area contributed by atoms with Crippen LogP contribution in [0.2, 0.25) is 0 Å². The SMILES string of the molecule is Cc1noc(C)c1NC(=O)Nc1ccc2c(c1)C(=O)N([C@H](C)CO)C[C@H](C)[C@@H](CN(C)S(=O)(=O)c1ccc(F)cc1)OCCCC[C@H](C)O2. The van der Waals surface area contributed by atoms with E-state index in [0.29, 0.717) is 48.0 Å². The van der Waals surface area contributed by atoms with Gasteiger partial charge in [-0.2, -0.15) is 4.31 Å². The number of anilines is 2. The van der Waals surface area contributed by atoms with Gasteiger partial charge in [-0.1, -0.05) is 12.1 Å². The maximum Gasteiger partial charge on any atom is 0.323 e. The Kier molecular flexibility index (Phi) is 12.8. The summed E-state index contributed by atoms with van der Waals surface area (Å²) in [6.07, 6.45) is 1.22. The van der Waals surface area contributed by atoms with Crippen LogP contribution in [0.1, 0.15) is 61.8 Å². The predicted octanol–water partition coefficient (Wildman–Crippen LogP) is 5.19. The topological polar surface area (TPSA) is 164 Å². The van der Waals surface area contributed by atoms with E-state index in [4.69, 9.17) is 14.0 Å². The number of aliphatic hydroxyl groups excluding tert-OH is 1. The Labute approximate surface area is 286 Å². The quantitative estimate of drug-likeness (QED) is 0.287. The van der Waals surface area contributed by atoms with Crippen LogP contribution in [0.4, 0.5) is 20.6 Å². The lowest BCUT2D eigenvalue weighted by Gasteiger charge is -2.35. The number of carbonyl (C=O) groups excluding carboxylic acids is 2. The molecule has 4 atom stereocenters. The van der Waals surface area contributed by atoms with Crippen molar-refractivity contribution in [2.75, 3.05) is 44.0 Å². The zero-order valence-corrected chi connectivity index (χ0v) is 29.5. The van der Waals surface area contributed by atoms with Crippen molar-refractivity contribution in [3.05, 3.63) is 65.3 Å². The first-order chi connectivity index (χ1) is 23.2. The highest BCUT2D eigenvalue weighted by molar-refractivity contribution is 7.89. The maximum atomic E-state index is 14.4. The fourth-order valence-electron chi connectivity index (χ4n) is 5.54. The van der Waals surface area contributed by atoms with Crippen molar-refractivity contribution in [2.45, 2.75) is 77.0 Å². The molecule has 3 aromatic rings. The number of aryl methyl sites for hydroxylation is 2. The van der Waals surface area contributed by atoms with Gasteiger partial charge in [0.05, 0.1) is 35.3 Å². The van der Waals surface area contributed by atoms with Gasteiger partial charge in [0.2, 0.25) is 10.0 Å². The third kappa shape index (κ3) is 9.56. The molecule has 2 heterocycles. The van der Waals surface area contributed by atoms with Gasteiger partial charge in [-0.25, -0.2) is 17.6 Å². The van der Waals surface area contributed by atoms with Crippen molar-refractivity contribution in [1.82, 2.24) is 14.4 Å². The number of ether oxygens (including phenoxy) is 2. The Balaban J connectivity index is 1.63. The van der Waals surface area contributed by atoms with Crippen molar-refractivity contribution in [1.29, 1.82) is 0 Å². The van der Waals surface area contributed by atoms with E-state index in [9.17, 15) is 27.5 Å². The molecule has 1 aliphatic rings. The standard InChI is InChI=1S/C34H46FN5O8S/c1-21-18-40(22(2)20-41)33(42)29-17-27(36-34(43)37-32-24(4)38-48-25(32)5)12-15-30(29)47-23(3)9-7-8-16-46-31(21)19-39(6)49(44,45)28-13-10-26(35)11-14-28/h10-15,17,21-23,31,41H,7-9,16,18-20H2,1-6H3,(H2,36,37,43)/t21-,22+,23-,31+/m0/s1. The van der Waals surface area contributed by atoms with Crippen LogP contribution < -0.4 is 15.4 Å². The van der Waals surface area contributed by atoms with Crippen molar-refractivity contribution < 1.29 is 41.5 Å². The van der Waals surface area contributed by atoms with E-state index in [1.165, 1.54) is 34.5 Å². The number of nitrogens with one attached hydrogen (secondary N) is 2. The van der Waals surface area contributed by atoms with Crippen LogP contribution in [0.25, 0.3) is 0 Å². The van der Waals surface area contributed by atoms with Gasteiger partial charge in [0.1, 0.15) is 22.9 Å². The molecule has 13 nitrogen and oxygen atoms in total. The molecule has 0 unspecified atom stereocenters. The second-order valence-corrected chi connectivity index (χ2v) is 14.6. The summed E-state index contributed by atoms with van der Waals surface area (Å²) in [6, 6.07) is 8.22. The van der Waals surface area contributed by atoms with Gasteiger partial charge in [-0.3, -0.25) is 4.79 Å². The van der Waals surface area contributed by atoms with Gasteiger partial charge in [0, 0.05) is 38.3 Å². The van der Waals surface area contributed by atoms with Gasteiger partial charge >= 0.3 is 6.03 Å². The Hall–Kier alpha value is -4.05. The molecule has 0 radical (unpaired) electrons. The zero-order valence-electron chi connectivity index (χ0n) is 28.7. The number of aliphatic hydroxyl groups is 1. The summed E-state index contributed by atoms with van der Waals surface area (Å²) in [4.78, 5) is 28.7. The molecule has 0 saturated carbocycles. The number of aromatic nitrogens is 1. The Morgan fingerprint density at radius 1 is 1.14 bits per heavy atom. The number of fused-ring (bicyclic) bond motifs is 1. The molecular weight excluding hydrogens is 657 g/mol. The third-order valence-corrected chi connectivity index (χ3v) is 10.4. The summed E-state index contributed by atoms with van der Waals surface area (Å²) in [5, 5.41) is 19.5. The minimum Gasteiger partial charge on any atom is -0.490 e. The highest BCUT2D eigenvalue weighted by Gasteiger charge is 2.32. The summed E-state index contributed by atoms with van der Waals surface area (Å²) in [5.41, 5.74) is 1.46. The highest BCUT2D eigenvalue weighted by atomic mass is 32.2. The summed E-state index contributed by atoms with van der Waals surface area (Å²) in [7, 11) is -2.53. The Morgan fingerprint density at radius 3 is 2.51 bits per heavy atom. The normalized spacial score (nSPS) is 20.2.